The van der Waals surface area contributed by atoms with Crippen molar-refractivity contribution in [3.63, 3.8) is 0 Å². The van der Waals surface area contributed by atoms with Crippen LogP contribution in [-0.4, -0.2) is 15.0 Å². The van der Waals surface area contributed by atoms with Gasteiger partial charge in [0.05, 0.1) is 8.22 Å². The molecule has 2 aromatic heterocycles. The van der Waals surface area contributed by atoms with Crippen molar-refractivity contribution >= 4 is 31.5 Å². The number of fused-ring (bicyclic) bond motifs is 3. The van der Waals surface area contributed by atoms with Crippen molar-refractivity contribution in [3.8, 4) is 45.3 Å². The topological polar surface area (TPSA) is 38.7 Å². The van der Waals surface area contributed by atoms with Crippen LogP contribution in [0.4, 0.5) is 4.39 Å². The number of halogens is 1. The van der Waals surface area contributed by atoms with Crippen LogP contribution < -0.4 is 0 Å². The Morgan fingerprint density at radius 1 is 0.500 bits per heavy atom. The number of thiophene rings is 1. The van der Waals surface area contributed by atoms with Crippen LogP contribution >= 0.6 is 11.3 Å². The Morgan fingerprint density at radius 2 is 1.08 bits per heavy atom. The molecule has 3 nitrogen and oxygen atoms in total. The van der Waals surface area contributed by atoms with Gasteiger partial charge in [-0.1, -0.05) is 78.8 Å². The summed E-state index contributed by atoms with van der Waals surface area (Å²) in [7, 11) is 0. The van der Waals surface area contributed by atoms with E-state index >= 15 is 0 Å². The van der Waals surface area contributed by atoms with E-state index in [-0.39, 0.29) is 75.6 Å². The van der Waals surface area contributed by atoms with Gasteiger partial charge in [0.1, 0.15) is 5.82 Å². The Bertz CT molecular complexity index is 2240. The molecule has 0 fully saturated rings. The number of nitrogens with zero attached hydrogens (tertiary/aromatic N) is 3. The minimum atomic E-state index is -0.420. The van der Waals surface area contributed by atoms with Gasteiger partial charge in [-0.25, -0.2) is 19.3 Å². The fourth-order valence-electron chi connectivity index (χ4n) is 4.18. The maximum Gasteiger partial charge on any atom is 0.164 e. The summed E-state index contributed by atoms with van der Waals surface area (Å²) in [6, 6.07) is 22.8. The van der Waals surface area contributed by atoms with E-state index in [1.807, 2.05) is 36.4 Å². The molecule has 5 aromatic carbocycles. The molecule has 2 heterocycles. The zero-order valence-electron chi connectivity index (χ0n) is 25.7. The Labute approximate surface area is 231 Å². The van der Waals surface area contributed by atoms with Gasteiger partial charge in [-0.2, -0.15) is 0 Å². The van der Waals surface area contributed by atoms with E-state index in [4.69, 9.17) is 6.85 Å². The van der Waals surface area contributed by atoms with Gasteiger partial charge >= 0.3 is 0 Å². The molecule has 7 rings (SSSR count). The highest BCUT2D eigenvalue weighted by molar-refractivity contribution is 7.25. The van der Waals surface area contributed by atoms with Gasteiger partial charge in [-0.15, -0.1) is 11.3 Å². The molecule has 0 unspecified atom stereocenters. The predicted octanol–water partition coefficient (Wildman–Crippen LogP) is 9.05. The normalized spacial score (nSPS) is 13.5. The van der Waals surface area contributed by atoms with E-state index in [0.717, 1.165) is 11.3 Å². The third-order valence-electron chi connectivity index (χ3n) is 6.07. The van der Waals surface area contributed by atoms with E-state index in [1.54, 1.807) is 24.3 Å². The van der Waals surface area contributed by atoms with Crippen molar-refractivity contribution < 1.29 is 12.6 Å². The third kappa shape index (κ3) is 4.13. The lowest BCUT2D eigenvalue weighted by Crippen LogP contribution is -2.00. The molecule has 7 aromatic rings. The first-order valence-corrected chi connectivity index (χ1v) is 12.6. The molecule has 0 aliphatic rings. The Kier molecular flexibility index (Phi) is 4.13. The van der Waals surface area contributed by atoms with E-state index in [1.165, 1.54) is 24.3 Å². The van der Waals surface area contributed by atoms with Crippen molar-refractivity contribution in [3.05, 3.63) is 127 Å². The van der Waals surface area contributed by atoms with Gasteiger partial charge in [-0.05, 0) is 53.5 Å². The molecule has 0 bridgehead atoms. The molecule has 180 valence electrons. The van der Waals surface area contributed by atoms with Crippen molar-refractivity contribution in [2.45, 2.75) is 0 Å². The maximum atomic E-state index is 13.7. The summed E-state index contributed by atoms with van der Waals surface area (Å²) >= 11 is 1.05. The molecule has 0 aliphatic heterocycles. The van der Waals surface area contributed by atoms with Crippen LogP contribution in [-0.2, 0) is 0 Å². The van der Waals surface area contributed by atoms with Gasteiger partial charge in [0, 0.05) is 36.9 Å². The summed E-state index contributed by atoms with van der Waals surface area (Å²) < 4.78 is 68.2. The summed E-state index contributed by atoms with van der Waals surface area (Å²) in [4.78, 5) is 13.8. The maximum absolute atomic E-state index is 13.7. The average Bonchev–Trinajstić information content (AvgIpc) is 3.46. The lowest BCUT2D eigenvalue weighted by atomic mass is 10.0. The second-order valence-electron chi connectivity index (χ2n) is 8.56. The summed E-state index contributed by atoms with van der Waals surface area (Å²) in [6.45, 7) is 0. The molecular weight excluding hydrogens is 489 g/mol. The van der Waals surface area contributed by atoms with Crippen molar-refractivity contribution in [2.75, 3.05) is 0 Å². The largest absolute Gasteiger partial charge is 0.208 e. The SMILES string of the molecule is [2H]c1c(-c2ccccc2)c([2H])c2c(sc3c([2H])c(-c4nc(-c5ccccc5)nc(-c5ccc(F)cc5)n4)c([2H])c([2H])c32)c1[2H]. The van der Waals surface area contributed by atoms with E-state index in [2.05, 4.69) is 15.0 Å². The first-order chi connectivity index (χ1) is 21.2. The fraction of sp³-hybridized carbons (Fsp3) is 0. The standard InChI is InChI=1S/C33H20FN3S/c34-26-15-11-23(12-16-26)32-35-31(22-9-5-2-6-10-22)36-33(37-32)25-13-17-27-28-19-24(21-7-3-1-4-8-21)14-18-29(28)38-30(27)20-25/h1-20H/i13D,14D,17D,18D,19D,20D. The number of rotatable bonds is 4. The molecule has 0 atom stereocenters. The van der Waals surface area contributed by atoms with Gasteiger partial charge in [-0.3, -0.25) is 0 Å². The molecule has 0 saturated heterocycles. The van der Waals surface area contributed by atoms with Gasteiger partial charge in [0.15, 0.2) is 17.5 Å². The van der Waals surface area contributed by atoms with Crippen LogP contribution in [0.1, 0.15) is 8.22 Å². The van der Waals surface area contributed by atoms with Crippen molar-refractivity contribution in [1.82, 2.24) is 15.0 Å². The summed E-state index contributed by atoms with van der Waals surface area (Å²) in [5.41, 5.74) is 2.04. The smallest absolute Gasteiger partial charge is 0.164 e. The average molecular weight is 516 g/mol. The van der Waals surface area contributed by atoms with Crippen molar-refractivity contribution in [1.29, 1.82) is 0 Å². The zero-order chi connectivity index (χ0) is 30.7. The quantitative estimate of drug-likeness (QED) is 0.235. The van der Waals surface area contributed by atoms with Crippen LogP contribution in [0.25, 0.3) is 65.5 Å². The van der Waals surface area contributed by atoms with Gasteiger partial charge in [0.2, 0.25) is 0 Å². The number of hydrogen-bond acceptors (Lipinski definition) is 4. The summed E-state index contributed by atoms with van der Waals surface area (Å²) in [6.07, 6.45) is 0. The molecular formula is C33H20FN3S. The van der Waals surface area contributed by atoms with Crippen molar-refractivity contribution in [2.24, 2.45) is 0 Å². The van der Waals surface area contributed by atoms with E-state index in [0.29, 0.717) is 26.1 Å². The summed E-state index contributed by atoms with van der Waals surface area (Å²) in [5, 5.41) is 0.492. The molecule has 0 saturated carbocycles. The molecule has 0 N–H and O–H groups in total. The van der Waals surface area contributed by atoms with E-state index < -0.39 is 5.82 Å². The van der Waals surface area contributed by atoms with Crippen LogP contribution in [0.3, 0.4) is 0 Å². The molecule has 38 heavy (non-hydrogen) atoms. The fourth-order valence-corrected chi connectivity index (χ4v) is 5.15. The highest BCUT2D eigenvalue weighted by Gasteiger charge is 2.14. The summed E-state index contributed by atoms with van der Waals surface area (Å²) in [5.74, 6) is 0.0780. The monoisotopic (exact) mass is 515 g/mol. The minimum Gasteiger partial charge on any atom is -0.208 e. The lowest BCUT2D eigenvalue weighted by Gasteiger charge is -2.08. The first-order valence-electron chi connectivity index (χ1n) is 14.8. The lowest BCUT2D eigenvalue weighted by molar-refractivity contribution is 0.628. The number of aromatic nitrogens is 3. The molecule has 0 spiro atoms. The van der Waals surface area contributed by atoms with Crippen LogP contribution in [0, 0.1) is 5.82 Å². The molecule has 0 radical (unpaired) electrons. The molecule has 0 amide bonds. The van der Waals surface area contributed by atoms with E-state index in [9.17, 15) is 5.76 Å². The Morgan fingerprint density at radius 3 is 1.76 bits per heavy atom. The van der Waals surface area contributed by atoms with Crippen LogP contribution in [0.5, 0.6) is 0 Å². The third-order valence-corrected chi connectivity index (χ3v) is 7.09. The number of hydrogen-bond donors (Lipinski definition) is 0. The number of benzene rings is 5. The predicted molar refractivity (Wildman–Crippen MR) is 154 cm³/mol. The molecule has 5 heteroatoms. The van der Waals surface area contributed by atoms with Gasteiger partial charge in [0.25, 0.3) is 0 Å². The second kappa shape index (κ2) is 9.29. The Balaban J connectivity index is 1.53. The van der Waals surface area contributed by atoms with Gasteiger partial charge < -0.3 is 0 Å². The second-order valence-corrected chi connectivity index (χ2v) is 9.58. The molecule has 0 aliphatic carbocycles. The highest BCUT2D eigenvalue weighted by Crippen LogP contribution is 2.38. The van der Waals surface area contributed by atoms with Crippen LogP contribution in [0.15, 0.2) is 121 Å². The Hall–Kier alpha value is -4.74. The van der Waals surface area contributed by atoms with Crippen LogP contribution in [0.2, 0.25) is 0 Å². The first kappa shape index (κ1) is 16.9. The highest BCUT2D eigenvalue weighted by atomic mass is 32.1. The minimum absolute atomic E-state index is 0.00406. The zero-order valence-corrected chi connectivity index (χ0v) is 20.5.